The van der Waals surface area contributed by atoms with Crippen LogP contribution < -0.4 is 16.7 Å². The minimum absolute atomic E-state index is 0.0366. The van der Waals surface area contributed by atoms with E-state index >= 15 is 0 Å². The first-order valence-corrected chi connectivity index (χ1v) is 4.13. The molecule has 8 nitrogen and oxygen atoms in total. The van der Waals surface area contributed by atoms with E-state index in [1.807, 2.05) is 0 Å². The van der Waals surface area contributed by atoms with Gasteiger partial charge in [0.25, 0.3) is 0 Å². The van der Waals surface area contributed by atoms with Crippen LogP contribution >= 0.6 is 0 Å². The second-order valence-electron chi connectivity index (χ2n) is 2.84. The zero-order valence-electron chi connectivity index (χ0n) is 7.60. The van der Waals surface area contributed by atoms with Gasteiger partial charge in [-0.25, -0.2) is 9.89 Å². The summed E-state index contributed by atoms with van der Waals surface area (Å²) in [5, 5.41) is 12.5. The number of aromatic nitrogens is 4. The van der Waals surface area contributed by atoms with Gasteiger partial charge in [0, 0.05) is 0 Å². The van der Waals surface area contributed by atoms with Crippen molar-refractivity contribution in [1.29, 1.82) is 0 Å². The van der Waals surface area contributed by atoms with E-state index < -0.39 is 11.6 Å². The van der Waals surface area contributed by atoms with Crippen LogP contribution in [0.15, 0.2) is 16.9 Å². The third kappa shape index (κ3) is 1.77. The molecule has 2 aromatic rings. The summed E-state index contributed by atoms with van der Waals surface area (Å²) >= 11 is 0. The van der Waals surface area contributed by atoms with Gasteiger partial charge >= 0.3 is 5.69 Å². The van der Waals surface area contributed by atoms with Crippen LogP contribution in [-0.2, 0) is 4.79 Å². The molecule has 0 aliphatic rings. The lowest BCUT2D eigenvalue weighted by Gasteiger charge is -2.01. The molecule has 0 atom stereocenters. The van der Waals surface area contributed by atoms with Crippen molar-refractivity contribution >= 4 is 17.4 Å². The number of nitrogens with two attached hydrogens (primary N) is 1. The number of carbonyl (C=O) groups excluding carboxylic acids is 1. The molecule has 0 aliphatic carbocycles. The number of carbonyl (C=O) groups is 1. The summed E-state index contributed by atoms with van der Waals surface area (Å²) in [4.78, 5) is 21.6. The van der Waals surface area contributed by atoms with E-state index in [2.05, 4.69) is 20.6 Å². The number of fused-ring (bicyclic) bond motifs is 1. The minimum Gasteiger partial charge on any atom is -0.368 e. The fourth-order valence-electron chi connectivity index (χ4n) is 1.07. The lowest BCUT2D eigenvalue weighted by molar-refractivity contribution is -0.116. The number of primary amides is 1. The van der Waals surface area contributed by atoms with Gasteiger partial charge in [-0.15, -0.1) is 5.10 Å². The molecule has 4 N–H and O–H groups in total. The van der Waals surface area contributed by atoms with E-state index in [9.17, 15) is 9.59 Å². The van der Waals surface area contributed by atoms with Crippen molar-refractivity contribution < 1.29 is 4.79 Å². The van der Waals surface area contributed by atoms with Crippen LogP contribution in [0.1, 0.15) is 0 Å². The SMILES string of the molecule is NC(=O)CNc1ccc2n[nH]c(=O)n2n1. The first-order chi connectivity index (χ1) is 7.16. The molecule has 2 aromatic heterocycles. The molecular formula is C7H8N6O2. The number of rotatable bonds is 3. The van der Waals surface area contributed by atoms with Gasteiger partial charge in [0.15, 0.2) is 5.65 Å². The number of anilines is 1. The molecule has 0 bridgehead atoms. The number of hydrogen-bond acceptors (Lipinski definition) is 5. The number of nitrogens with zero attached hydrogens (tertiary/aromatic N) is 3. The molecule has 0 unspecified atom stereocenters. The van der Waals surface area contributed by atoms with Gasteiger partial charge < -0.3 is 11.1 Å². The highest BCUT2D eigenvalue weighted by Gasteiger charge is 2.02. The lowest BCUT2D eigenvalue weighted by atomic mass is 10.5. The predicted molar refractivity (Wildman–Crippen MR) is 51.3 cm³/mol. The largest absolute Gasteiger partial charge is 0.368 e. The van der Waals surface area contributed by atoms with E-state index in [4.69, 9.17) is 5.73 Å². The van der Waals surface area contributed by atoms with Crippen molar-refractivity contribution in [3.63, 3.8) is 0 Å². The number of hydrogen-bond donors (Lipinski definition) is 3. The molecule has 1 amide bonds. The van der Waals surface area contributed by atoms with Crippen molar-refractivity contribution in [3.8, 4) is 0 Å². The maximum absolute atomic E-state index is 11.1. The Morgan fingerprint density at radius 2 is 2.40 bits per heavy atom. The number of H-pyrrole nitrogens is 1. The quantitative estimate of drug-likeness (QED) is 0.556. The Labute approximate surface area is 83.1 Å². The summed E-state index contributed by atoms with van der Waals surface area (Å²) < 4.78 is 1.09. The van der Waals surface area contributed by atoms with Crippen LogP contribution in [-0.4, -0.2) is 32.3 Å². The summed E-state index contributed by atoms with van der Waals surface area (Å²) in [5.41, 5.74) is 4.92. The zero-order chi connectivity index (χ0) is 10.8. The molecule has 2 heterocycles. The normalized spacial score (nSPS) is 10.4. The second-order valence-corrected chi connectivity index (χ2v) is 2.84. The fraction of sp³-hybridized carbons (Fsp3) is 0.143. The average Bonchev–Trinajstić information content (AvgIpc) is 2.57. The van der Waals surface area contributed by atoms with Crippen LogP contribution in [0.3, 0.4) is 0 Å². The van der Waals surface area contributed by atoms with Gasteiger partial charge in [0.2, 0.25) is 5.91 Å². The molecular weight excluding hydrogens is 200 g/mol. The second kappa shape index (κ2) is 3.40. The topological polar surface area (TPSA) is 118 Å². The van der Waals surface area contributed by atoms with Crippen molar-refractivity contribution in [1.82, 2.24) is 19.8 Å². The van der Waals surface area contributed by atoms with Crippen molar-refractivity contribution in [3.05, 3.63) is 22.6 Å². The van der Waals surface area contributed by atoms with Crippen molar-refractivity contribution in [2.75, 3.05) is 11.9 Å². The summed E-state index contributed by atoms with van der Waals surface area (Å²) in [7, 11) is 0. The monoisotopic (exact) mass is 208 g/mol. The van der Waals surface area contributed by atoms with Gasteiger partial charge in [0.1, 0.15) is 5.82 Å². The number of amides is 1. The molecule has 0 aliphatic heterocycles. The number of aromatic amines is 1. The average molecular weight is 208 g/mol. The van der Waals surface area contributed by atoms with Crippen LogP contribution in [0, 0.1) is 0 Å². The fourth-order valence-corrected chi connectivity index (χ4v) is 1.07. The third-order valence-corrected chi connectivity index (χ3v) is 1.72. The molecule has 78 valence electrons. The van der Waals surface area contributed by atoms with Crippen LogP contribution in [0.25, 0.3) is 5.65 Å². The Bertz CT molecular complexity index is 556. The van der Waals surface area contributed by atoms with Crippen LogP contribution in [0.5, 0.6) is 0 Å². The van der Waals surface area contributed by atoms with Gasteiger partial charge in [-0.3, -0.25) is 4.79 Å². The highest BCUT2D eigenvalue weighted by molar-refractivity contribution is 5.78. The molecule has 0 aromatic carbocycles. The van der Waals surface area contributed by atoms with E-state index in [-0.39, 0.29) is 6.54 Å². The van der Waals surface area contributed by atoms with E-state index in [0.29, 0.717) is 11.5 Å². The standard InChI is InChI=1S/C7H8N6O2/c8-4(14)3-9-5-1-2-6-10-11-7(15)13(6)12-5/h1-2H,3H2,(H2,8,14)(H,9,12)(H,11,15). The van der Waals surface area contributed by atoms with Crippen molar-refractivity contribution in [2.24, 2.45) is 5.73 Å². The maximum Gasteiger partial charge on any atom is 0.364 e. The maximum atomic E-state index is 11.1. The summed E-state index contributed by atoms with van der Waals surface area (Å²) in [5.74, 6) is -0.124. The molecule has 0 saturated carbocycles. The molecule has 0 saturated heterocycles. The molecule has 2 rings (SSSR count). The Hall–Kier alpha value is -2.38. The first kappa shape index (κ1) is 9.19. The smallest absolute Gasteiger partial charge is 0.364 e. The van der Waals surface area contributed by atoms with Gasteiger partial charge in [-0.1, -0.05) is 0 Å². The van der Waals surface area contributed by atoms with Crippen LogP contribution in [0.2, 0.25) is 0 Å². The van der Waals surface area contributed by atoms with Crippen LogP contribution in [0.4, 0.5) is 5.82 Å². The Balaban J connectivity index is 2.33. The van der Waals surface area contributed by atoms with Gasteiger partial charge in [0.05, 0.1) is 6.54 Å². The highest BCUT2D eigenvalue weighted by Crippen LogP contribution is 2.01. The Morgan fingerprint density at radius 1 is 1.60 bits per heavy atom. The summed E-state index contributed by atoms with van der Waals surface area (Å²) in [6.45, 7) is -0.0366. The zero-order valence-corrected chi connectivity index (χ0v) is 7.60. The van der Waals surface area contributed by atoms with Gasteiger partial charge in [-0.05, 0) is 12.1 Å². The molecule has 0 radical (unpaired) electrons. The van der Waals surface area contributed by atoms with Gasteiger partial charge in [-0.2, -0.15) is 9.61 Å². The summed E-state index contributed by atoms with van der Waals surface area (Å²) in [6.07, 6.45) is 0. The lowest BCUT2D eigenvalue weighted by Crippen LogP contribution is -2.23. The Kier molecular flexibility index (Phi) is 2.08. The molecule has 8 heteroatoms. The van der Waals surface area contributed by atoms with Crippen molar-refractivity contribution in [2.45, 2.75) is 0 Å². The van der Waals surface area contributed by atoms with E-state index in [0.717, 1.165) is 4.52 Å². The Morgan fingerprint density at radius 3 is 3.13 bits per heavy atom. The predicted octanol–water partition coefficient (Wildman–Crippen LogP) is -1.69. The van der Waals surface area contributed by atoms with E-state index in [1.54, 1.807) is 12.1 Å². The molecule has 15 heavy (non-hydrogen) atoms. The van der Waals surface area contributed by atoms with E-state index in [1.165, 1.54) is 0 Å². The third-order valence-electron chi connectivity index (χ3n) is 1.72. The minimum atomic E-state index is -0.503. The first-order valence-electron chi connectivity index (χ1n) is 4.13. The number of nitrogens with one attached hydrogen (secondary N) is 2. The molecule has 0 fully saturated rings. The molecule has 0 spiro atoms. The summed E-state index contributed by atoms with van der Waals surface area (Å²) in [6, 6.07) is 3.19. The highest BCUT2D eigenvalue weighted by atomic mass is 16.2.